The summed E-state index contributed by atoms with van der Waals surface area (Å²) in [6, 6.07) is 9.66. The van der Waals surface area contributed by atoms with Crippen molar-refractivity contribution in [1.82, 2.24) is 24.7 Å². The fraction of sp³-hybridized carbons (Fsp3) is 0.214. The van der Waals surface area contributed by atoms with E-state index in [1.807, 2.05) is 44.2 Å². The molecule has 0 radical (unpaired) electrons. The van der Waals surface area contributed by atoms with Gasteiger partial charge in [0, 0.05) is 16.5 Å². The first-order valence-electron chi connectivity index (χ1n) is 6.66. The van der Waals surface area contributed by atoms with Gasteiger partial charge in [-0.15, -0.1) is 10.2 Å². The summed E-state index contributed by atoms with van der Waals surface area (Å²) in [4.78, 5) is 0. The van der Waals surface area contributed by atoms with Crippen LogP contribution in [0.2, 0.25) is 5.02 Å². The molecule has 3 aromatic rings. The molecule has 0 saturated heterocycles. The van der Waals surface area contributed by atoms with Crippen molar-refractivity contribution < 1.29 is 0 Å². The number of rotatable bonds is 4. The number of nitrogens with zero attached hydrogens (tertiary/aromatic N) is 5. The van der Waals surface area contributed by atoms with Crippen molar-refractivity contribution in [2.45, 2.75) is 24.8 Å². The maximum Gasteiger partial charge on any atom is 0.271 e. The second kappa shape index (κ2) is 6.02. The van der Waals surface area contributed by atoms with Crippen molar-refractivity contribution in [2.75, 3.05) is 5.84 Å². The van der Waals surface area contributed by atoms with Gasteiger partial charge in [-0.25, -0.2) is 9.36 Å². The summed E-state index contributed by atoms with van der Waals surface area (Å²) in [7, 11) is 0. The van der Waals surface area contributed by atoms with Gasteiger partial charge in [-0.05, 0) is 37.6 Å². The van der Waals surface area contributed by atoms with Crippen LogP contribution < -0.4 is 5.84 Å². The third-order valence-electron chi connectivity index (χ3n) is 3.13. The van der Waals surface area contributed by atoms with Crippen LogP contribution in [0.3, 0.4) is 0 Å². The van der Waals surface area contributed by atoms with E-state index < -0.39 is 0 Å². The lowest BCUT2D eigenvalue weighted by atomic mass is 10.2. The predicted molar refractivity (Wildman–Crippen MR) is 87.8 cm³/mol. The van der Waals surface area contributed by atoms with Crippen molar-refractivity contribution >= 4 is 23.4 Å². The molecule has 3 rings (SSSR count). The zero-order valence-electron chi connectivity index (χ0n) is 12.2. The zero-order valence-corrected chi connectivity index (χ0v) is 13.8. The lowest BCUT2D eigenvalue weighted by molar-refractivity contribution is 0.727. The van der Waals surface area contributed by atoms with Crippen LogP contribution >= 0.6 is 23.4 Å². The highest BCUT2D eigenvalue weighted by Gasteiger charge is 2.14. The fourth-order valence-electron chi connectivity index (χ4n) is 2.07. The molecule has 1 aromatic carbocycles. The SMILES string of the molecule is Cc1cc(C)n(-c2nnc(SCc3ccc(Cl)cc3)n2N)n1. The molecule has 114 valence electrons. The second-order valence-corrected chi connectivity index (χ2v) is 6.29. The van der Waals surface area contributed by atoms with E-state index in [0.29, 0.717) is 11.1 Å². The summed E-state index contributed by atoms with van der Waals surface area (Å²) in [5.74, 6) is 7.33. The number of benzene rings is 1. The van der Waals surface area contributed by atoms with Crippen molar-refractivity contribution in [3.8, 4) is 5.95 Å². The normalized spacial score (nSPS) is 11.0. The quantitative estimate of drug-likeness (QED) is 0.586. The molecule has 2 aromatic heterocycles. The molecule has 0 amide bonds. The fourth-order valence-corrected chi connectivity index (χ4v) is 3.01. The molecule has 22 heavy (non-hydrogen) atoms. The monoisotopic (exact) mass is 334 g/mol. The first-order chi connectivity index (χ1) is 10.5. The Hall–Kier alpha value is -1.99. The van der Waals surface area contributed by atoms with Gasteiger partial charge in [0.1, 0.15) is 0 Å². The Morgan fingerprint density at radius 2 is 1.91 bits per heavy atom. The Labute approximate surface area is 137 Å². The Morgan fingerprint density at radius 3 is 2.55 bits per heavy atom. The van der Waals surface area contributed by atoms with Gasteiger partial charge in [-0.3, -0.25) is 0 Å². The molecule has 0 atom stereocenters. The van der Waals surface area contributed by atoms with E-state index in [9.17, 15) is 0 Å². The van der Waals surface area contributed by atoms with E-state index in [4.69, 9.17) is 17.4 Å². The molecule has 0 aliphatic heterocycles. The minimum atomic E-state index is 0.504. The Bertz CT molecular complexity index is 792. The smallest absolute Gasteiger partial charge is 0.271 e. The molecule has 0 aliphatic carbocycles. The van der Waals surface area contributed by atoms with Gasteiger partial charge >= 0.3 is 0 Å². The number of aryl methyl sites for hydroxylation is 2. The van der Waals surface area contributed by atoms with Gasteiger partial charge in [-0.2, -0.15) is 5.10 Å². The molecule has 2 heterocycles. The lowest BCUT2D eigenvalue weighted by Crippen LogP contribution is -2.17. The van der Waals surface area contributed by atoms with Gasteiger partial charge in [0.15, 0.2) is 0 Å². The second-order valence-electron chi connectivity index (χ2n) is 4.91. The Morgan fingerprint density at radius 1 is 1.18 bits per heavy atom. The molecule has 2 N–H and O–H groups in total. The van der Waals surface area contributed by atoms with E-state index in [2.05, 4.69) is 15.3 Å². The lowest BCUT2D eigenvalue weighted by Gasteiger charge is -2.05. The largest absolute Gasteiger partial charge is 0.334 e. The van der Waals surface area contributed by atoms with Crippen LogP contribution in [0.25, 0.3) is 5.95 Å². The highest BCUT2D eigenvalue weighted by atomic mass is 35.5. The van der Waals surface area contributed by atoms with E-state index in [1.165, 1.54) is 16.4 Å². The van der Waals surface area contributed by atoms with Crippen molar-refractivity contribution in [3.63, 3.8) is 0 Å². The number of nitrogens with two attached hydrogens (primary N) is 1. The van der Waals surface area contributed by atoms with Crippen LogP contribution in [0.1, 0.15) is 17.0 Å². The molecule has 0 fully saturated rings. The molecular weight excluding hydrogens is 320 g/mol. The summed E-state index contributed by atoms with van der Waals surface area (Å²) in [5.41, 5.74) is 3.02. The van der Waals surface area contributed by atoms with Gasteiger partial charge in [0.25, 0.3) is 5.95 Å². The van der Waals surface area contributed by atoms with Gasteiger partial charge < -0.3 is 5.84 Å². The first-order valence-corrected chi connectivity index (χ1v) is 8.02. The van der Waals surface area contributed by atoms with Crippen LogP contribution in [-0.2, 0) is 5.75 Å². The third-order valence-corrected chi connectivity index (χ3v) is 4.39. The standard InChI is InChI=1S/C14H15ClN6S/c1-9-7-10(2)21(19-9)13-17-18-14(20(13)16)22-8-11-3-5-12(15)6-4-11/h3-7H,8,16H2,1-2H3. The van der Waals surface area contributed by atoms with E-state index in [1.54, 1.807) is 4.68 Å². The summed E-state index contributed by atoms with van der Waals surface area (Å²) in [5, 5.41) is 14.0. The zero-order chi connectivity index (χ0) is 15.7. The summed E-state index contributed by atoms with van der Waals surface area (Å²) in [6.07, 6.45) is 0. The van der Waals surface area contributed by atoms with Crippen LogP contribution in [0.15, 0.2) is 35.5 Å². The van der Waals surface area contributed by atoms with Crippen molar-refractivity contribution in [2.24, 2.45) is 0 Å². The van der Waals surface area contributed by atoms with Gasteiger partial charge in [0.05, 0.1) is 5.69 Å². The highest BCUT2D eigenvalue weighted by Crippen LogP contribution is 2.22. The number of hydrogen-bond donors (Lipinski definition) is 1. The topological polar surface area (TPSA) is 74.5 Å². The summed E-state index contributed by atoms with van der Waals surface area (Å²) < 4.78 is 3.15. The number of thioether (sulfide) groups is 1. The number of halogens is 1. The van der Waals surface area contributed by atoms with E-state index >= 15 is 0 Å². The summed E-state index contributed by atoms with van der Waals surface area (Å²) in [6.45, 7) is 3.88. The number of hydrogen-bond acceptors (Lipinski definition) is 5. The van der Waals surface area contributed by atoms with Gasteiger partial charge in [0.2, 0.25) is 5.16 Å². The van der Waals surface area contributed by atoms with E-state index in [0.717, 1.165) is 27.7 Å². The minimum absolute atomic E-state index is 0.504. The molecular formula is C14H15ClN6S. The van der Waals surface area contributed by atoms with Crippen LogP contribution in [0.4, 0.5) is 0 Å². The molecule has 0 bridgehead atoms. The van der Waals surface area contributed by atoms with Crippen LogP contribution in [0, 0.1) is 13.8 Å². The number of aromatic nitrogens is 5. The maximum absolute atomic E-state index is 6.09. The van der Waals surface area contributed by atoms with Crippen LogP contribution in [-0.4, -0.2) is 24.7 Å². The molecule has 8 heteroatoms. The minimum Gasteiger partial charge on any atom is -0.334 e. The van der Waals surface area contributed by atoms with Crippen molar-refractivity contribution in [1.29, 1.82) is 0 Å². The molecule has 0 aliphatic rings. The first kappa shape index (κ1) is 14.9. The Kier molecular flexibility index (Phi) is 4.08. The molecule has 6 nitrogen and oxygen atoms in total. The van der Waals surface area contributed by atoms with Gasteiger partial charge in [-0.1, -0.05) is 35.5 Å². The van der Waals surface area contributed by atoms with E-state index in [-0.39, 0.29) is 0 Å². The molecule has 0 saturated carbocycles. The average molecular weight is 335 g/mol. The highest BCUT2D eigenvalue weighted by molar-refractivity contribution is 7.98. The van der Waals surface area contributed by atoms with Crippen molar-refractivity contribution in [3.05, 3.63) is 52.3 Å². The maximum atomic E-state index is 6.09. The number of nitrogen functional groups attached to an aromatic ring is 1. The predicted octanol–water partition coefficient (Wildman–Crippen LogP) is 2.74. The summed E-state index contributed by atoms with van der Waals surface area (Å²) >= 11 is 7.39. The average Bonchev–Trinajstić information content (AvgIpc) is 3.01. The Balaban J connectivity index is 1.79. The van der Waals surface area contributed by atoms with Crippen LogP contribution in [0.5, 0.6) is 0 Å². The molecule has 0 unspecified atom stereocenters. The molecule has 0 spiro atoms. The third kappa shape index (κ3) is 2.95.